The van der Waals surface area contributed by atoms with Gasteiger partial charge < -0.3 is 4.74 Å². The van der Waals surface area contributed by atoms with Crippen molar-refractivity contribution in [3.8, 4) is 5.75 Å². The quantitative estimate of drug-likeness (QED) is 0.334. The van der Waals surface area contributed by atoms with Crippen molar-refractivity contribution in [2.45, 2.75) is 129 Å². The van der Waals surface area contributed by atoms with Crippen LogP contribution in [0, 0.1) is 40.4 Å². The molecule has 7 atom stereocenters. The van der Waals surface area contributed by atoms with E-state index >= 15 is 0 Å². The van der Waals surface area contributed by atoms with E-state index < -0.39 is 0 Å². The summed E-state index contributed by atoms with van der Waals surface area (Å²) in [5.41, 5.74) is 3.72. The summed E-state index contributed by atoms with van der Waals surface area (Å²) in [4.78, 5) is 12.2. The number of hydrogen-bond donors (Lipinski definition) is 0. The minimum absolute atomic E-state index is 0.277. The number of carbonyl (C=O) groups excluding carboxylic acids is 1. The fourth-order valence-corrected chi connectivity index (χ4v) is 10.8. The number of fused-ring (bicyclic) bond motifs is 5. The minimum atomic E-state index is 0.277. The summed E-state index contributed by atoms with van der Waals surface area (Å²) in [5.74, 6) is 6.33. The highest BCUT2D eigenvalue weighted by molar-refractivity contribution is 5.91. The van der Waals surface area contributed by atoms with E-state index in [9.17, 15) is 4.79 Å². The lowest BCUT2D eigenvalue weighted by molar-refractivity contribution is -0.117. The van der Waals surface area contributed by atoms with Crippen LogP contribution in [0.1, 0.15) is 135 Å². The fraction of sp³-hybridized carbons (Fsp3) is 0.757. The molecule has 0 saturated heterocycles. The van der Waals surface area contributed by atoms with Crippen LogP contribution in [-0.4, -0.2) is 12.4 Å². The molecule has 5 aliphatic rings. The van der Waals surface area contributed by atoms with Crippen LogP contribution in [0.5, 0.6) is 5.75 Å². The van der Waals surface area contributed by atoms with Gasteiger partial charge in [0.25, 0.3) is 0 Å². The highest BCUT2D eigenvalue weighted by Crippen LogP contribution is 2.67. The van der Waals surface area contributed by atoms with Gasteiger partial charge in [-0.15, -0.1) is 0 Å². The van der Waals surface area contributed by atoms with Crippen molar-refractivity contribution in [3.63, 3.8) is 0 Å². The zero-order valence-corrected chi connectivity index (χ0v) is 25.2. The number of hydrogen-bond acceptors (Lipinski definition) is 2. The van der Waals surface area contributed by atoms with Gasteiger partial charge in [0.2, 0.25) is 0 Å². The summed E-state index contributed by atoms with van der Waals surface area (Å²) in [5, 5.41) is 0. The maximum atomic E-state index is 12.2. The number of ketones is 1. The lowest BCUT2D eigenvalue weighted by Gasteiger charge is -2.58. The number of carbonyl (C=O) groups is 1. The average Bonchev–Trinajstić information content (AvgIpc) is 3.29. The fourth-order valence-electron chi connectivity index (χ4n) is 10.8. The van der Waals surface area contributed by atoms with Gasteiger partial charge in [0, 0.05) is 6.42 Å². The summed E-state index contributed by atoms with van der Waals surface area (Å²) < 4.78 is 6.59. The molecule has 0 N–H and O–H groups in total. The van der Waals surface area contributed by atoms with Crippen LogP contribution >= 0.6 is 0 Å². The number of allylic oxidation sites excluding steroid dienone is 1. The molecule has 214 valence electrons. The lowest BCUT2D eigenvalue weighted by atomic mass is 9.46. The van der Waals surface area contributed by atoms with E-state index in [-0.39, 0.29) is 5.41 Å². The van der Waals surface area contributed by atoms with Gasteiger partial charge in [-0.25, -0.2) is 0 Å². The third-order valence-electron chi connectivity index (χ3n) is 13.1. The molecule has 0 radical (unpaired) electrons. The number of ether oxygens (including phenoxy) is 1. The Morgan fingerprint density at radius 1 is 0.974 bits per heavy atom. The summed E-state index contributed by atoms with van der Waals surface area (Å²) in [6.07, 6.45) is 22.9. The molecule has 0 heterocycles. The Morgan fingerprint density at radius 2 is 1.82 bits per heavy atom. The lowest BCUT2D eigenvalue weighted by Crippen LogP contribution is -2.51. The zero-order valence-electron chi connectivity index (χ0n) is 25.2. The molecule has 0 aliphatic heterocycles. The zero-order chi connectivity index (χ0) is 27.0. The van der Waals surface area contributed by atoms with E-state index in [1.54, 1.807) is 0 Å². The van der Waals surface area contributed by atoms with E-state index in [4.69, 9.17) is 4.74 Å². The maximum absolute atomic E-state index is 12.2. The van der Waals surface area contributed by atoms with Gasteiger partial charge >= 0.3 is 0 Å². The monoisotopic (exact) mass is 530 g/mol. The predicted octanol–water partition coefficient (Wildman–Crippen LogP) is 10.1. The van der Waals surface area contributed by atoms with Gasteiger partial charge in [-0.1, -0.05) is 70.6 Å². The van der Waals surface area contributed by atoms with Crippen molar-refractivity contribution in [2.24, 2.45) is 40.4 Å². The van der Waals surface area contributed by atoms with E-state index in [1.807, 2.05) is 0 Å². The summed E-state index contributed by atoms with van der Waals surface area (Å²) in [6.45, 7) is 8.29. The molecular formula is C37H54O2. The molecule has 1 aromatic rings. The van der Waals surface area contributed by atoms with E-state index in [2.05, 4.69) is 51.1 Å². The molecule has 1 aromatic carbocycles. The molecule has 4 fully saturated rings. The van der Waals surface area contributed by atoms with Gasteiger partial charge in [-0.3, -0.25) is 4.79 Å². The van der Waals surface area contributed by atoms with Crippen LogP contribution in [-0.2, 0) is 4.79 Å². The average molecular weight is 531 g/mol. The van der Waals surface area contributed by atoms with Crippen LogP contribution in [0.15, 0.2) is 35.9 Å². The Balaban J connectivity index is 1.12. The number of rotatable bonds is 8. The molecule has 4 unspecified atom stereocenters. The van der Waals surface area contributed by atoms with Crippen LogP contribution in [0.25, 0.3) is 0 Å². The Labute approximate surface area is 238 Å². The van der Waals surface area contributed by atoms with Crippen molar-refractivity contribution < 1.29 is 9.53 Å². The van der Waals surface area contributed by atoms with E-state index in [1.165, 1.54) is 94.6 Å². The first-order chi connectivity index (χ1) is 18.9. The third kappa shape index (κ3) is 5.17. The Morgan fingerprint density at radius 3 is 2.64 bits per heavy atom. The van der Waals surface area contributed by atoms with Gasteiger partial charge in [-0.2, -0.15) is 0 Å². The van der Waals surface area contributed by atoms with Crippen molar-refractivity contribution in [1.82, 2.24) is 0 Å². The first kappa shape index (κ1) is 27.6. The van der Waals surface area contributed by atoms with Crippen molar-refractivity contribution in [2.75, 3.05) is 6.61 Å². The molecule has 0 amide bonds. The molecular weight excluding hydrogens is 476 g/mol. The van der Waals surface area contributed by atoms with E-state index in [0.717, 1.165) is 61.2 Å². The molecule has 0 aromatic heterocycles. The molecule has 0 spiro atoms. The molecule has 39 heavy (non-hydrogen) atoms. The summed E-state index contributed by atoms with van der Waals surface area (Å²) >= 11 is 0. The van der Waals surface area contributed by atoms with Crippen molar-refractivity contribution in [1.29, 1.82) is 0 Å². The molecule has 4 saturated carbocycles. The second-order valence-electron chi connectivity index (χ2n) is 14.7. The Kier molecular flexibility index (Phi) is 8.04. The van der Waals surface area contributed by atoms with Crippen LogP contribution in [0.4, 0.5) is 0 Å². The van der Waals surface area contributed by atoms with Gasteiger partial charge in [0.15, 0.2) is 5.78 Å². The van der Waals surface area contributed by atoms with E-state index in [0.29, 0.717) is 17.1 Å². The smallest absolute Gasteiger partial charge is 0.155 e. The second kappa shape index (κ2) is 11.4. The van der Waals surface area contributed by atoms with Crippen LogP contribution in [0.3, 0.4) is 0 Å². The minimum Gasteiger partial charge on any atom is -0.494 e. The molecule has 2 nitrogen and oxygen atoms in total. The van der Waals surface area contributed by atoms with Crippen LogP contribution < -0.4 is 4.74 Å². The predicted molar refractivity (Wildman–Crippen MR) is 161 cm³/mol. The largest absolute Gasteiger partial charge is 0.494 e. The maximum Gasteiger partial charge on any atom is 0.155 e. The SMILES string of the molecule is CCC(CC1CCCCC1)c1cccc(OCC[C@]23CCC4C(CCC5=CC(=O)CC[C@@]54C)C2CC[C@@H]3C)c1. The van der Waals surface area contributed by atoms with Gasteiger partial charge in [-0.05, 0) is 134 Å². The molecule has 0 bridgehead atoms. The Hall–Kier alpha value is -1.57. The van der Waals surface area contributed by atoms with Gasteiger partial charge in [0.05, 0.1) is 6.61 Å². The first-order valence-electron chi connectivity index (χ1n) is 16.9. The molecule has 2 heteroatoms. The number of benzene rings is 1. The third-order valence-corrected chi connectivity index (χ3v) is 13.1. The second-order valence-corrected chi connectivity index (χ2v) is 14.7. The van der Waals surface area contributed by atoms with Crippen molar-refractivity contribution in [3.05, 3.63) is 41.5 Å². The van der Waals surface area contributed by atoms with Gasteiger partial charge in [0.1, 0.15) is 5.75 Å². The topological polar surface area (TPSA) is 26.3 Å². The Bertz CT molecular complexity index is 1050. The highest BCUT2D eigenvalue weighted by Gasteiger charge is 2.59. The summed E-state index contributed by atoms with van der Waals surface area (Å²) in [7, 11) is 0. The first-order valence-corrected chi connectivity index (χ1v) is 16.9. The van der Waals surface area contributed by atoms with Crippen molar-refractivity contribution >= 4 is 5.78 Å². The molecule has 5 aliphatic carbocycles. The highest BCUT2D eigenvalue weighted by atomic mass is 16.5. The normalized spacial score (nSPS) is 37.4. The van der Waals surface area contributed by atoms with Crippen LogP contribution in [0.2, 0.25) is 0 Å². The molecule has 6 rings (SSSR count). The standard InChI is InChI=1S/C37H54O2/c1-4-28(23-27-9-6-5-7-10-27)29-11-8-12-32(24-29)39-22-21-37-20-18-34-33(35(37)16-13-26(37)2)15-14-30-25-31(38)17-19-36(30,34)3/h8,11-12,24-28,33-35H,4-7,9-10,13-23H2,1-3H3/t26-,28?,33?,34?,35?,36-,37-/m0/s1. The summed E-state index contributed by atoms with van der Waals surface area (Å²) in [6, 6.07) is 9.16.